The quantitative estimate of drug-likeness (QED) is 0.744. The summed E-state index contributed by atoms with van der Waals surface area (Å²) in [6, 6.07) is 10.3. The van der Waals surface area contributed by atoms with Gasteiger partial charge in [0.2, 0.25) is 5.91 Å². The molecule has 144 valence electrons. The highest BCUT2D eigenvalue weighted by molar-refractivity contribution is 6.34. The molecule has 1 heterocycles. The summed E-state index contributed by atoms with van der Waals surface area (Å²) >= 11 is 6.19. The monoisotopic (exact) mass is 400 g/mol. The molecule has 0 unspecified atom stereocenters. The van der Waals surface area contributed by atoms with Crippen molar-refractivity contribution in [3.63, 3.8) is 0 Å². The Morgan fingerprint density at radius 3 is 2.71 bits per heavy atom. The fourth-order valence-electron chi connectivity index (χ4n) is 2.52. The highest BCUT2D eigenvalue weighted by Gasteiger charge is 2.15. The fraction of sp³-hybridized carbons (Fsp3) is 0.200. The Hall–Kier alpha value is -3.37. The Morgan fingerprint density at radius 2 is 2.00 bits per heavy atom. The molecule has 2 aromatic carbocycles. The Labute approximate surface area is 167 Å². The van der Waals surface area contributed by atoms with Crippen molar-refractivity contribution in [2.24, 2.45) is 0 Å². The Morgan fingerprint density at radius 1 is 1.25 bits per heavy atom. The molecule has 0 bridgehead atoms. The average Bonchev–Trinajstić information content (AvgIpc) is 2.71. The molecular formula is C20H17ClN2O5. The number of carbonyl (C=O) groups excluding carboxylic acids is 1. The number of nitrogens with one attached hydrogen (secondary N) is 1. The molecule has 0 atom stereocenters. The molecule has 7 nitrogen and oxygen atoms in total. The summed E-state index contributed by atoms with van der Waals surface area (Å²) in [4.78, 5) is 12.2. The van der Waals surface area contributed by atoms with Gasteiger partial charge in [0.1, 0.15) is 19.3 Å². The van der Waals surface area contributed by atoms with Crippen LogP contribution in [0.25, 0.3) is 6.08 Å². The van der Waals surface area contributed by atoms with E-state index in [-0.39, 0.29) is 12.5 Å². The molecule has 28 heavy (non-hydrogen) atoms. The van der Waals surface area contributed by atoms with E-state index < -0.39 is 0 Å². The van der Waals surface area contributed by atoms with Crippen LogP contribution in [0.5, 0.6) is 23.0 Å². The minimum Gasteiger partial charge on any atom is -0.493 e. The van der Waals surface area contributed by atoms with Crippen molar-refractivity contribution in [3.05, 3.63) is 47.0 Å². The minimum atomic E-state index is -0.359. The molecule has 0 saturated carbocycles. The van der Waals surface area contributed by atoms with Crippen molar-refractivity contribution >= 4 is 29.3 Å². The predicted octanol–water partition coefficient (Wildman–Crippen LogP) is 3.67. The van der Waals surface area contributed by atoms with E-state index in [2.05, 4.69) is 5.32 Å². The molecule has 8 heteroatoms. The first kappa shape index (κ1) is 19.4. The van der Waals surface area contributed by atoms with Crippen LogP contribution in [0.4, 0.5) is 5.69 Å². The van der Waals surface area contributed by atoms with Gasteiger partial charge in [0.25, 0.3) is 0 Å². The zero-order valence-corrected chi connectivity index (χ0v) is 15.8. The first-order valence-corrected chi connectivity index (χ1v) is 8.74. The number of methoxy groups -OCH3 is 1. The van der Waals surface area contributed by atoms with Gasteiger partial charge in [-0.25, -0.2) is 0 Å². The lowest BCUT2D eigenvalue weighted by Crippen LogP contribution is -2.16. The third-order valence-corrected chi connectivity index (χ3v) is 4.11. The van der Waals surface area contributed by atoms with Crippen LogP contribution in [0.1, 0.15) is 5.56 Å². The maximum absolute atomic E-state index is 12.2. The zero-order chi connectivity index (χ0) is 19.9. The van der Waals surface area contributed by atoms with Crippen molar-refractivity contribution < 1.29 is 23.7 Å². The van der Waals surface area contributed by atoms with Gasteiger partial charge in [-0.2, -0.15) is 5.26 Å². The molecule has 1 aliphatic heterocycles. The Bertz CT molecular complexity index is 952. The third kappa shape index (κ3) is 4.67. The molecule has 1 N–H and O–H groups in total. The third-order valence-electron chi connectivity index (χ3n) is 3.80. The highest BCUT2D eigenvalue weighted by atomic mass is 35.5. The normalized spacial score (nSPS) is 12.3. The van der Waals surface area contributed by atoms with Crippen LogP contribution >= 0.6 is 11.6 Å². The van der Waals surface area contributed by atoms with E-state index in [1.165, 1.54) is 13.2 Å². The van der Waals surface area contributed by atoms with Crippen LogP contribution in [-0.4, -0.2) is 32.8 Å². The van der Waals surface area contributed by atoms with Crippen molar-refractivity contribution in [2.45, 2.75) is 0 Å². The number of carbonyl (C=O) groups is 1. The molecule has 2 aromatic rings. The standard InChI is InChI=1S/C20H17ClN2O5/c1-25-17-10-13(2-4-16(17)26-7-6-22)3-5-20(24)23-15-12-19-18(11-14(15)21)27-8-9-28-19/h2-5,10-12H,7-9H2,1H3,(H,23,24)/b5-3+. The smallest absolute Gasteiger partial charge is 0.248 e. The number of rotatable bonds is 6. The van der Waals surface area contributed by atoms with Crippen LogP contribution in [-0.2, 0) is 4.79 Å². The van der Waals surface area contributed by atoms with Crippen molar-refractivity contribution in [1.29, 1.82) is 5.26 Å². The predicted molar refractivity (Wildman–Crippen MR) is 104 cm³/mol. The van der Waals surface area contributed by atoms with Gasteiger partial charge in [0, 0.05) is 18.2 Å². The van der Waals surface area contributed by atoms with Gasteiger partial charge in [-0.15, -0.1) is 0 Å². The van der Waals surface area contributed by atoms with Crippen molar-refractivity contribution in [2.75, 3.05) is 32.2 Å². The number of fused-ring (bicyclic) bond motifs is 1. The van der Waals surface area contributed by atoms with Crippen molar-refractivity contribution in [1.82, 2.24) is 0 Å². The summed E-state index contributed by atoms with van der Waals surface area (Å²) in [6.45, 7) is 0.823. The van der Waals surface area contributed by atoms with E-state index in [9.17, 15) is 4.79 Å². The highest BCUT2D eigenvalue weighted by Crippen LogP contribution is 2.38. The number of hydrogen-bond donors (Lipinski definition) is 1. The van der Waals surface area contributed by atoms with Gasteiger partial charge in [0.15, 0.2) is 29.6 Å². The number of ether oxygens (including phenoxy) is 4. The number of benzene rings is 2. The number of hydrogen-bond acceptors (Lipinski definition) is 6. The maximum atomic E-state index is 12.2. The van der Waals surface area contributed by atoms with Crippen LogP contribution in [0.2, 0.25) is 5.02 Å². The lowest BCUT2D eigenvalue weighted by atomic mass is 10.2. The Kier molecular flexibility index (Phi) is 6.25. The second-order valence-electron chi connectivity index (χ2n) is 5.66. The van der Waals surface area contributed by atoms with E-state index >= 15 is 0 Å². The lowest BCUT2D eigenvalue weighted by Gasteiger charge is -2.19. The van der Waals surface area contributed by atoms with Gasteiger partial charge in [-0.3, -0.25) is 4.79 Å². The molecule has 0 saturated heterocycles. The van der Waals surface area contributed by atoms with Gasteiger partial charge < -0.3 is 24.3 Å². The molecule has 0 spiro atoms. The summed E-state index contributed by atoms with van der Waals surface area (Å²) in [7, 11) is 1.50. The van der Waals surface area contributed by atoms with Gasteiger partial charge in [0.05, 0.1) is 17.8 Å². The zero-order valence-electron chi connectivity index (χ0n) is 15.0. The SMILES string of the molecule is COc1cc(/C=C/C(=O)Nc2cc3c(cc2Cl)OCCO3)ccc1OCC#N. The number of nitriles is 1. The van der Waals surface area contributed by atoms with Crippen LogP contribution in [0.3, 0.4) is 0 Å². The second-order valence-corrected chi connectivity index (χ2v) is 6.06. The summed E-state index contributed by atoms with van der Waals surface area (Å²) in [5.74, 6) is 1.65. The lowest BCUT2D eigenvalue weighted by molar-refractivity contribution is -0.111. The van der Waals surface area contributed by atoms with Gasteiger partial charge in [-0.1, -0.05) is 17.7 Å². The second kappa shape index (κ2) is 9.02. The number of anilines is 1. The van der Waals surface area contributed by atoms with E-state index in [1.807, 2.05) is 6.07 Å². The van der Waals surface area contributed by atoms with E-state index in [1.54, 1.807) is 36.4 Å². The molecule has 0 aromatic heterocycles. The summed E-state index contributed by atoms with van der Waals surface area (Å²) in [5.41, 5.74) is 1.16. The largest absolute Gasteiger partial charge is 0.493 e. The van der Waals surface area contributed by atoms with Crippen LogP contribution < -0.4 is 24.3 Å². The topological polar surface area (TPSA) is 89.8 Å². The molecule has 3 rings (SSSR count). The average molecular weight is 401 g/mol. The van der Waals surface area contributed by atoms with Crippen LogP contribution in [0.15, 0.2) is 36.4 Å². The minimum absolute atomic E-state index is 0.0791. The fourth-order valence-corrected chi connectivity index (χ4v) is 2.72. The summed E-state index contributed by atoms with van der Waals surface area (Å²) in [6.07, 6.45) is 3.00. The van der Waals surface area contributed by atoms with E-state index in [0.717, 1.165) is 5.56 Å². The van der Waals surface area contributed by atoms with E-state index in [0.29, 0.717) is 46.9 Å². The summed E-state index contributed by atoms with van der Waals surface area (Å²) < 4.78 is 21.5. The summed E-state index contributed by atoms with van der Waals surface area (Å²) in [5, 5.41) is 11.7. The van der Waals surface area contributed by atoms with E-state index in [4.69, 9.17) is 35.8 Å². The number of nitrogens with zero attached hydrogens (tertiary/aromatic N) is 1. The molecule has 1 amide bonds. The number of halogens is 1. The number of amides is 1. The molecular weight excluding hydrogens is 384 g/mol. The molecule has 0 radical (unpaired) electrons. The maximum Gasteiger partial charge on any atom is 0.248 e. The Balaban J connectivity index is 1.69. The van der Waals surface area contributed by atoms with Gasteiger partial charge in [-0.05, 0) is 23.8 Å². The molecule has 1 aliphatic rings. The molecule has 0 fully saturated rings. The van der Waals surface area contributed by atoms with Crippen molar-refractivity contribution in [3.8, 4) is 29.1 Å². The van der Waals surface area contributed by atoms with Gasteiger partial charge >= 0.3 is 0 Å². The molecule has 0 aliphatic carbocycles. The first-order chi connectivity index (χ1) is 13.6. The first-order valence-electron chi connectivity index (χ1n) is 8.36. The van der Waals surface area contributed by atoms with Crippen LogP contribution in [0, 0.1) is 11.3 Å².